The molecule has 0 aliphatic heterocycles. The Morgan fingerprint density at radius 3 is 2.20 bits per heavy atom. The molecule has 0 unspecified atom stereocenters. The molecule has 0 aromatic heterocycles. The Morgan fingerprint density at radius 2 is 1.57 bits per heavy atom. The van der Waals surface area contributed by atoms with E-state index >= 15 is 0 Å². The van der Waals surface area contributed by atoms with E-state index in [0.29, 0.717) is 0 Å². The van der Waals surface area contributed by atoms with Gasteiger partial charge in [0.1, 0.15) is 6.61 Å². The number of rotatable bonds is 8. The van der Waals surface area contributed by atoms with E-state index in [0.717, 1.165) is 36.8 Å². The lowest BCUT2D eigenvalue weighted by Crippen LogP contribution is -2.51. The van der Waals surface area contributed by atoms with Gasteiger partial charge in [-0.1, -0.05) is 61.4 Å². The molecule has 0 spiro atoms. The van der Waals surface area contributed by atoms with E-state index in [4.69, 9.17) is 4.74 Å². The van der Waals surface area contributed by atoms with Crippen molar-refractivity contribution in [1.29, 1.82) is 0 Å². The number of carbonyl (C=O) groups is 3. The van der Waals surface area contributed by atoms with Gasteiger partial charge in [0, 0.05) is 18.5 Å². The van der Waals surface area contributed by atoms with Gasteiger partial charge in [0.25, 0.3) is 0 Å². The smallest absolute Gasteiger partial charge is 0.407 e. The molecule has 35 heavy (non-hydrogen) atoms. The van der Waals surface area contributed by atoms with Gasteiger partial charge < -0.3 is 20.5 Å². The van der Waals surface area contributed by atoms with Gasteiger partial charge in [-0.2, -0.15) is 0 Å². The summed E-state index contributed by atoms with van der Waals surface area (Å²) in [4.78, 5) is 36.7. The van der Waals surface area contributed by atoms with Crippen LogP contribution in [-0.4, -0.2) is 42.3 Å². The van der Waals surface area contributed by atoms with Crippen LogP contribution >= 0.6 is 0 Å². The second-order valence-corrected chi connectivity index (χ2v) is 10.3. The van der Waals surface area contributed by atoms with Crippen molar-refractivity contribution in [1.82, 2.24) is 10.6 Å². The number of aliphatic carboxylic acids is 1. The van der Waals surface area contributed by atoms with E-state index in [1.807, 2.05) is 24.3 Å². The lowest BCUT2D eigenvalue weighted by Gasteiger charge is -2.34. The van der Waals surface area contributed by atoms with Crippen LogP contribution in [0, 0.1) is 11.3 Å². The van der Waals surface area contributed by atoms with Crippen LogP contribution in [0.15, 0.2) is 48.5 Å². The maximum atomic E-state index is 13.0. The fraction of sp³-hybridized carbons (Fsp3) is 0.464. The molecule has 1 saturated carbocycles. The maximum absolute atomic E-state index is 13.0. The van der Waals surface area contributed by atoms with Crippen molar-refractivity contribution < 1.29 is 24.2 Å². The Kier molecular flexibility index (Phi) is 7.43. The summed E-state index contributed by atoms with van der Waals surface area (Å²) in [5.41, 5.74) is 3.75. The molecule has 2 aromatic rings. The van der Waals surface area contributed by atoms with E-state index in [9.17, 15) is 19.5 Å². The third kappa shape index (κ3) is 5.66. The summed E-state index contributed by atoms with van der Waals surface area (Å²) < 4.78 is 5.58. The van der Waals surface area contributed by atoms with Crippen LogP contribution in [-0.2, 0) is 14.3 Å². The minimum Gasteiger partial charge on any atom is -0.481 e. The zero-order valence-corrected chi connectivity index (χ0v) is 20.4. The van der Waals surface area contributed by atoms with E-state index < -0.39 is 17.5 Å². The number of alkyl carbamates (subject to hydrolysis) is 1. The SMILES string of the molecule is CC(C)(CNC(=O)OCC1c2ccccc2-c2ccccc21)C(=O)N[C@H]1CCCC[C@H]1CC(=O)O. The molecule has 2 aliphatic carbocycles. The van der Waals surface area contributed by atoms with Crippen molar-refractivity contribution in [3.05, 3.63) is 59.7 Å². The quantitative estimate of drug-likeness (QED) is 0.510. The maximum Gasteiger partial charge on any atom is 0.407 e. The third-order valence-electron chi connectivity index (χ3n) is 7.30. The van der Waals surface area contributed by atoms with Crippen molar-refractivity contribution in [2.75, 3.05) is 13.2 Å². The highest BCUT2D eigenvalue weighted by atomic mass is 16.5. The summed E-state index contributed by atoms with van der Waals surface area (Å²) in [5, 5.41) is 15.0. The average molecular weight is 479 g/mol. The van der Waals surface area contributed by atoms with Gasteiger partial charge in [-0.05, 0) is 54.9 Å². The molecule has 2 atom stereocenters. The first-order chi connectivity index (χ1) is 16.8. The second-order valence-electron chi connectivity index (χ2n) is 10.3. The zero-order chi connectivity index (χ0) is 25.0. The standard InChI is InChI=1S/C28H34N2O5/c1-28(2,26(33)30-24-14-8-3-9-18(24)15-25(31)32)17-29-27(34)35-16-23-21-12-6-4-10-19(21)20-11-5-7-13-22(20)23/h4-7,10-13,18,23-24H,3,8-9,14-17H2,1-2H3,(H,29,34)(H,30,33)(H,31,32)/t18-,24-/m0/s1. The van der Waals surface area contributed by atoms with Crippen LogP contribution in [0.25, 0.3) is 11.1 Å². The van der Waals surface area contributed by atoms with E-state index in [2.05, 4.69) is 34.9 Å². The summed E-state index contributed by atoms with van der Waals surface area (Å²) in [6.07, 6.45) is 3.03. The number of amides is 2. The summed E-state index contributed by atoms with van der Waals surface area (Å²) in [6, 6.07) is 16.2. The van der Waals surface area contributed by atoms with Gasteiger partial charge in [0.15, 0.2) is 0 Å². The molecular formula is C28H34N2O5. The lowest BCUT2D eigenvalue weighted by molar-refractivity contribution is -0.139. The van der Waals surface area contributed by atoms with Gasteiger partial charge in [-0.25, -0.2) is 4.79 Å². The largest absolute Gasteiger partial charge is 0.481 e. The molecule has 4 rings (SSSR count). The highest BCUT2D eigenvalue weighted by molar-refractivity contribution is 5.83. The first kappa shape index (κ1) is 24.8. The van der Waals surface area contributed by atoms with Crippen LogP contribution in [0.2, 0.25) is 0 Å². The topological polar surface area (TPSA) is 105 Å². The number of ether oxygens (including phenoxy) is 1. The molecule has 2 aliphatic rings. The molecule has 2 aromatic carbocycles. The number of carboxylic acids is 1. The minimum absolute atomic E-state index is 0.0260. The Balaban J connectivity index is 1.30. The fourth-order valence-electron chi connectivity index (χ4n) is 5.25. The highest BCUT2D eigenvalue weighted by Gasteiger charge is 2.34. The number of carbonyl (C=O) groups excluding carboxylic acids is 2. The minimum atomic E-state index is -0.864. The number of hydrogen-bond acceptors (Lipinski definition) is 4. The average Bonchev–Trinajstić information content (AvgIpc) is 3.16. The molecule has 0 saturated heterocycles. The monoisotopic (exact) mass is 478 g/mol. The Hall–Kier alpha value is -3.35. The predicted molar refractivity (Wildman–Crippen MR) is 133 cm³/mol. The number of hydrogen-bond donors (Lipinski definition) is 3. The number of nitrogens with one attached hydrogen (secondary N) is 2. The third-order valence-corrected chi connectivity index (χ3v) is 7.30. The van der Waals surface area contributed by atoms with Gasteiger partial charge in [0.2, 0.25) is 5.91 Å². The van der Waals surface area contributed by atoms with Gasteiger partial charge >= 0.3 is 12.1 Å². The van der Waals surface area contributed by atoms with Crippen molar-refractivity contribution >= 4 is 18.0 Å². The van der Waals surface area contributed by atoms with E-state index in [1.54, 1.807) is 13.8 Å². The Bertz CT molecular complexity index is 1050. The molecule has 0 radical (unpaired) electrons. The molecule has 186 valence electrons. The molecule has 0 bridgehead atoms. The molecule has 0 heterocycles. The van der Waals surface area contributed by atoms with Crippen LogP contribution < -0.4 is 10.6 Å². The normalized spacial score (nSPS) is 19.4. The first-order valence-corrected chi connectivity index (χ1v) is 12.4. The first-order valence-electron chi connectivity index (χ1n) is 12.4. The lowest BCUT2D eigenvalue weighted by atomic mass is 9.81. The molecule has 1 fully saturated rings. The number of fused-ring (bicyclic) bond motifs is 3. The van der Waals surface area contributed by atoms with Crippen LogP contribution in [0.1, 0.15) is 63.0 Å². The molecule has 2 amide bonds. The molecule has 7 heteroatoms. The zero-order valence-electron chi connectivity index (χ0n) is 20.4. The van der Waals surface area contributed by atoms with Crippen molar-refractivity contribution in [3.63, 3.8) is 0 Å². The molecule has 3 N–H and O–H groups in total. The molecular weight excluding hydrogens is 444 g/mol. The van der Waals surface area contributed by atoms with Gasteiger partial charge in [0.05, 0.1) is 11.8 Å². The molecule has 7 nitrogen and oxygen atoms in total. The summed E-state index contributed by atoms with van der Waals surface area (Å²) in [7, 11) is 0. The van der Waals surface area contributed by atoms with E-state index in [1.165, 1.54) is 11.1 Å². The van der Waals surface area contributed by atoms with Crippen LogP contribution in [0.4, 0.5) is 4.79 Å². The Morgan fingerprint density at radius 1 is 0.971 bits per heavy atom. The van der Waals surface area contributed by atoms with Crippen LogP contribution in [0.5, 0.6) is 0 Å². The summed E-state index contributed by atoms with van der Waals surface area (Å²) in [5.74, 6) is -1.12. The van der Waals surface area contributed by atoms with E-state index in [-0.39, 0.29) is 43.4 Å². The van der Waals surface area contributed by atoms with Crippen molar-refractivity contribution in [2.24, 2.45) is 11.3 Å². The van der Waals surface area contributed by atoms with Gasteiger partial charge in [-0.15, -0.1) is 0 Å². The van der Waals surface area contributed by atoms with Crippen molar-refractivity contribution in [2.45, 2.75) is 57.9 Å². The second kappa shape index (κ2) is 10.5. The number of carboxylic acid groups (broad SMARTS) is 1. The summed E-state index contributed by atoms with van der Waals surface area (Å²) in [6.45, 7) is 3.86. The summed E-state index contributed by atoms with van der Waals surface area (Å²) >= 11 is 0. The predicted octanol–water partition coefficient (Wildman–Crippen LogP) is 4.70. The number of benzene rings is 2. The highest BCUT2D eigenvalue weighted by Crippen LogP contribution is 2.44. The van der Waals surface area contributed by atoms with Crippen molar-refractivity contribution in [3.8, 4) is 11.1 Å². The van der Waals surface area contributed by atoms with Gasteiger partial charge in [-0.3, -0.25) is 9.59 Å². The fourth-order valence-corrected chi connectivity index (χ4v) is 5.25. The Labute approximate surface area is 206 Å². The van der Waals surface area contributed by atoms with Crippen LogP contribution in [0.3, 0.4) is 0 Å².